The van der Waals surface area contributed by atoms with Crippen molar-refractivity contribution in [1.29, 1.82) is 0 Å². The van der Waals surface area contributed by atoms with Crippen molar-refractivity contribution in [2.75, 3.05) is 19.8 Å². The first-order valence-corrected chi connectivity index (χ1v) is 4.73. The lowest BCUT2D eigenvalue weighted by molar-refractivity contribution is -0.189. The summed E-state index contributed by atoms with van der Waals surface area (Å²) < 4.78 is 11.2. The summed E-state index contributed by atoms with van der Waals surface area (Å²) in [5, 5.41) is 9.02. The van der Waals surface area contributed by atoms with E-state index in [0.717, 1.165) is 38.9 Å². The molecule has 0 bridgehead atoms. The van der Waals surface area contributed by atoms with Crippen molar-refractivity contribution in [3.63, 3.8) is 0 Å². The van der Waals surface area contributed by atoms with Gasteiger partial charge in [0.2, 0.25) is 0 Å². The molecule has 3 heteroatoms. The molecule has 1 N–H and O–H groups in total. The Balaban J connectivity index is 1.97. The highest BCUT2D eigenvalue weighted by molar-refractivity contribution is 4.82. The summed E-state index contributed by atoms with van der Waals surface area (Å²) >= 11 is 0. The van der Waals surface area contributed by atoms with Crippen LogP contribution in [0.5, 0.6) is 0 Å². The van der Waals surface area contributed by atoms with Crippen molar-refractivity contribution >= 4 is 0 Å². The molecule has 0 aromatic heterocycles. The number of aliphatic hydroxyl groups excluding tert-OH is 1. The molecule has 1 saturated carbocycles. The van der Waals surface area contributed by atoms with Gasteiger partial charge >= 0.3 is 0 Å². The molecule has 12 heavy (non-hydrogen) atoms. The first-order valence-electron chi connectivity index (χ1n) is 4.73. The Bertz CT molecular complexity index is 152. The van der Waals surface area contributed by atoms with E-state index in [9.17, 15) is 0 Å². The highest BCUT2D eigenvalue weighted by Gasteiger charge is 2.40. The summed E-state index contributed by atoms with van der Waals surface area (Å²) in [6.45, 7) is 1.71. The van der Waals surface area contributed by atoms with Gasteiger partial charge in [0.25, 0.3) is 0 Å². The summed E-state index contributed by atoms with van der Waals surface area (Å²) in [6, 6.07) is 0. The summed E-state index contributed by atoms with van der Waals surface area (Å²) in [7, 11) is 0. The summed E-state index contributed by atoms with van der Waals surface area (Å²) in [6.07, 6.45) is 4.11. The van der Waals surface area contributed by atoms with Gasteiger partial charge < -0.3 is 14.6 Å². The van der Waals surface area contributed by atoms with Gasteiger partial charge in [0, 0.05) is 19.4 Å². The fourth-order valence-corrected chi connectivity index (χ4v) is 2.22. The average molecular weight is 172 g/mol. The Kier molecular flexibility index (Phi) is 2.35. The van der Waals surface area contributed by atoms with E-state index in [1.807, 2.05) is 0 Å². The van der Waals surface area contributed by atoms with Crippen LogP contribution >= 0.6 is 0 Å². The largest absolute Gasteiger partial charge is 0.396 e. The van der Waals surface area contributed by atoms with Crippen molar-refractivity contribution in [3.8, 4) is 0 Å². The van der Waals surface area contributed by atoms with Crippen LogP contribution in [0.3, 0.4) is 0 Å². The van der Waals surface area contributed by atoms with E-state index < -0.39 is 0 Å². The van der Waals surface area contributed by atoms with E-state index in [1.165, 1.54) is 0 Å². The minimum Gasteiger partial charge on any atom is -0.396 e. The SMILES string of the molecule is OC[C@@H]1CCCC2(C1)OCCO2. The maximum Gasteiger partial charge on any atom is 0.168 e. The summed E-state index contributed by atoms with van der Waals surface area (Å²) in [4.78, 5) is 0. The van der Waals surface area contributed by atoms with Crippen molar-refractivity contribution in [2.45, 2.75) is 31.5 Å². The van der Waals surface area contributed by atoms with Crippen LogP contribution in [0.2, 0.25) is 0 Å². The van der Waals surface area contributed by atoms with Crippen LogP contribution in [0.1, 0.15) is 25.7 Å². The van der Waals surface area contributed by atoms with Crippen molar-refractivity contribution in [3.05, 3.63) is 0 Å². The predicted molar refractivity (Wildman–Crippen MR) is 43.7 cm³/mol. The molecule has 1 spiro atoms. The third kappa shape index (κ3) is 1.49. The van der Waals surface area contributed by atoms with Crippen molar-refractivity contribution in [2.24, 2.45) is 5.92 Å². The smallest absolute Gasteiger partial charge is 0.168 e. The molecule has 2 fully saturated rings. The maximum absolute atomic E-state index is 9.02. The molecule has 1 aliphatic heterocycles. The van der Waals surface area contributed by atoms with Crippen molar-refractivity contribution in [1.82, 2.24) is 0 Å². The normalized spacial score (nSPS) is 34.2. The zero-order chi connectivity index (χ0) is 8.44. The average Bonchev–Trinajstić information content (AvgIpc) is 2.53. The lowest BCUT2D eigenvalue weighted by Gasteiger charge is -2.35. The second-order valence-electron chi connectivity index (χ2n) is 3.75. The molecule has 3 nitrogen and oxygen atoms in total. The highest BCUT2D eigenvalue weighted by Crippen LogP contribution is 2.38. The molecular weight excluding hydrogens is 156 g/mol. The topological polar surface area (TPSA) is 38.7 Å². The zero-order valence-electron chi connectivity index (χ0n) is 7.29. The molecule has 0 aromatic carbocycles. The molecule has 1 heterocycles. The Morgan fingerprint density at radius 1 is 1.33 bits per heavy atom. The van der Waals surface area contributed by atoms with Gasteiger partial charge in [0.15, 0.2) is 5.79 Å². The fourth-order valence-electron chi connectivity index (χ4n) is 2.22. The van der Waals surface area contributed by atoms with Crippen LogP contribution in [0.4, 0.5) is 0 Å². The van der Waals surface area contributed by atoms with Gasteiger partial charge in [-0.15, -0.1) is 0 Å². The molecule has 1 aliphatic carbocycles. The van der Waals surface area contributed by atoms with Crippen molar-refractivity contribution < 1.29 is 14.6 Å². The third-order valence-electron chi connectivity index (χ3n) is 2.84. The summed E-state index contributed by atoms with van der Waals surface area (Å²) in [5.74, 6) is 0.0721. The molecule has 2 aliphatic rings. The molecule has 0 radical (unpaired) electrons. The third-order valence-corrected chi connectivity index (χ3v) is 2.84. The minimum absolute atomic E-state index is 0.272. The van der Waals surface area contributed by atoms with Crippen LogP contribution < -0.4 is 0 Å². The molecular formula is C9H16O3. The van der Waals surface area contributed by atoms with Crippen LogP contribution in [0.15, 0.2) is 0 Å². The fraction of sp³-hybridized carbons (Fsp3) is 1.00. The summed E-state index contributed by atoms with van der Waals surface area (Å²) in [5.41, 5.74) is 0. The van der Waals surface area contributed by atoms with Crippen LogP contribution in [-0.4, -0.2) is 30.7 Å². The Morgan fingerprint density at radius 3 is 2.75 bits per heavy atom. The quantitative estimate of drug-likeness (QED) is 0.639. The lowest BCUT2D eigenvalue weighted by atomic mass is 9.85. The van der Waals surface area contributed by atoms with E-state index in [2.05, 4.69) is 0 Å². The maximum atomic E-state index is 9.02. The Labute approximate surface area is 72.7 Å². The first-order chi connectivity index (χ1) is 5.85. The van der Waals surface area contributed by atoms with Gasteiger partial charge in [-0.05, 0) is 18.8 Å². The van der Waals surface area contributed by atoms with E-state index in [4.69, 9.17) is 14.6 Å². The van der Waals surface area contributed by atoms with E-state index >= 15 is 0 Å². The van der Waals surface area contributed by atoms with Gasteiger partial charge in [-0.3, -0.25) is 0 Å². The van der Waals surface area contributed by atoms with Crippen LogP contribution in [0.25, 0.3) is 0 Å². The van der Waals surface area contributed by atoms with E-state index in [1.54, 1.807) is 0 Å². The van der Waals surface area contributed by atoms with E-state index in [0.29, 0.717) is 5.92 Å². The second-order valence-corrected chi connectivity index (χ2v) is 3.75. The van der Waals surface area contributed by atoms with Gasteiger partial charge in [0.1, 0.15) is 0 Å². The monoisotopic (exact) mass is 172 g/mol. The molecule has 0 aromatic rings. The van der Waals surface area contributed by atoms with Gasteiger partial charge in [-0.1, -0.05) is 0 Å². The number of ether oxygens (including phenoxy) is 2. The van der Waals surface area contributed by atoms with Crippen LogP contribution in [0, 0.1) is 5.92 Å². The Hall–Kier alpha value is -0.120. The minimum atomic E-state index is -0.314. The number of aliphatic hydroxyl groups is 1. The Morgan fingerprint density at radius 2 is 2.08 bits per heavy atom. The number of hydrogen-bond donors (Lipinski definition) is 1. The number of hydrogen-bond acceptors (Lipinski definition) is 3. The number of rotatable bonds is 1. The zero-order valence-corrected chi connectivity index (χ0v) is 7.29. The first kappa shape index (κ1) is 8.48. The van der Waals surface area contributed by atoms with E-state index in [-0.39, 0.29) is 12.4 Å². The lowest BCUT2D eigenvalue weighted by Crippen LogP contribution is -2.37. The second kappa shape index (κ2) is 3.32. The van der Waals surface area contributed by atoms with Gasteiger partial charge in [-0.25, -0.2) is 0 Å². The van der Waals surface area contributed by atoms with Gasteiger partial charge in [0.05, 0.1) is 13.2 Å². The highest BCUT2D eigenvalue weighted by atomic mass is 16.7. The van der Waals surface area contributed by atoms with Crippen LogP contribution in [-0.2, 0) is 9.47 Å². The molecule has 70 valence electrons. The molecule has 2 rings (SSSR count). The standard InChI is InChI=1S/C9H16O3/c10-7-8-2-1-3-9(6-8)11-4-5-12-9/h8,10H,1-7H2/t8-/m1/s1. The van der Waals surface area contributed by atoms with Gasteiger partial charge in [-0.2, -0.15) is 0 Å². The molecule has 0 unspecified atom stereocenters. The molecule has 1 saturated heterocycles. The molecule has 0 amide bonds. The molecule has 1 atom stereocenters. The predicted octanol–water partition coefficient (Wildman–Crippen LogP) is 0.912.